The number of thioether (sulfide) groups is 1. The summed E-state index contributed by atoms with van der Waals surface area (Å²) < 4.78 is 38.9. The zero-order chi connectivity index (χ0) is 23.1. The summed E-state index contributed by atoms with van der Waals surface area (Å²) in [6, 6.07) is 20.6. The quantitative estimate of drug-likeness (QED) is 0.441. The van der Waals surface area contributed by atoms with Crippen molar-refractivity contribution >= 4 is 39.1 Å². The molecule has 168 valence electrons. The molecule has 0 heterocycles. The molecule has 9 heteroatoms. The van der Waals surface area contributed by atoms with E-state index in [4.69, 9.17) is 9.47 Å². The van der Waals surface area contributed by atoms with Crippen LogP contribution in [0.15, 0.2) is 82.6 Å². The lowest BCUT2D eigenvalue weighted by Crippen LogP contribution is -2.22. The molecule has 1 atom stereocenters. The standard InChI is InChI=1S/C23H24N2O5S2/c1-16(31-20-7-5-4-6-8-20)23(26)24-18-11-14-21(30-3)22(15-18)32(27,28)25-17-9-12-19(29-2)13-10-17/h4-16,25H,1-3H3,(H,24,26). The van der Waals surface area contributed by atoms with E-state index in [0.717, 1.165) is 4.90 Å². The van der Waals surface area contributed by atoms with Crippen molar-refractivity contribution in [1.82, 2.24) is 0 Å². The van der Waals surface area contributed by atoms with Crippen LogP contribution in [0.3, 0.4) is 0 Å². The van der Waals surface area contributed by atoms with Crippen LogP contribution in [0.5, 0.6) is 11.5 Å². The van der Waals surface area contributed by atoms with Gasteiger partial charge in [-0.05, 0) is 61.5 Å². The minimum absolute atomic E-state index is 0.0861. The topological polar surface area (TPSA) is 93.7 Å². The fraction of sp³-hybridized carbons (Fsp3) is 0.174. The van der Waals surface area contributed by atoms with Gasteiger partial charge in [0.15, 0.2) is 0 Å². The van der Waals surface area contributed by atoms with Crippen molar-refractivity contribution in [2.75, 3.05) is 24.3 Å². The summed E-state index contributed by atoms with van der Waals surface area (Å²) in [7, 11) is -1.06. The Balaban J connectivity index is 1.78. The fourth-order valence-electron chi connectivity index (χ4n) is 2.83. The Labute approximate surface area is 192 Å². The highest BCUT2D eigenvalue weighted by Crippen LogP contribution is 2.30. The minimum atomic E-state index is -3.98. The van der Waals surface area contributed by atoms with E-state index in [2.05, 4.69) is 10.0 Å². The molecule has 0 radical (unpaired) electrons. The summed E-state index contributed by atoms with van der Waals surface area (Å²) in [5.41, 5.74) is 0.724. The largest absolute Gasteiger partial charge is 0.497 e. The van der Waals surface area contributed by atoms with Crippen LogP contribution in [-0.4, -0.2) is 33.8 Å². The molecular formula is C23H24N2O5S2. The molecule has 3 rings (SSSR count). The highest BCUT2D eigenvalue weighted by Gasteiger charge is 2.22. The Morgan fingerprint density at radius 3 is 2.19 bits per heavy atom. The van der Waals surface area contributed by atoms with Crippen LogP contribution in [0.1, 0.15) is 6.92 Å². The molecule has 0 saturated heterocycles. The molecule has 0 aliphatic carbocycles. The second-order valence-corrected chi connectivity index (χ2v) is 9.83. The summed E-state index contributed by atoms with van der Waals surface area (Å²) in [5.74, 6) is 0.531. The summed E-state index contributed by atoms with van der Waals surface area (Å²) in [6.45, 7) is 1.79. The number of carbonyl (C=O) groups is 1. The van der Waals surface area contributed by atoms with E-state index < -0.39 is 10.0 Å². The second kappa shape index (κ2) is 10.4. The molecule has 1 amide bonds. The predicted octanol–water partition coefficient (Wildman–Crippen LogP) is 4.62. The summed E-state index contributed by atoms with van der Waals surface area (Å²) >= 11 is 1.42. The van der Waals surface area contributed by atoms with Gasteiger partial charge >= 0.3 is 0 Å². The van der Waals surface area contributed by atoms with E-state index in [1.54, 1.807) is 37.3 Å². The maximum Gasteiger partial charge on any atom is 0.265 e. The van der Waals surface area contributed by atoms with Crippen LogP contribution in [-0.2, 0) is 14.8 Å². The minimum Gasteiger partial charge on any atom is -0.497 e. The Bertz CT molecular complexity index is 1170. The lowest BCUT2D eigenvalue weighted by molar-refractivity contribution is -0.115. The molecule has 0 saturated carbocycles. The number of rotatable bonds is 9. The van der Waals surface area contributed by atoms with Crippen LogP contribution >= 0.6 is 11.8 Å². The van der Waals surface area contributed by atoms with Gasteiger partial charge < -0.3 is 14.8 Å². The number of amides is 1. The number of anilines is 2. The highest BCUT2D eigenvalue weighted by molar-refractivity contribution is 8.00. The predicted molar refractivity (Wildman–Crippen MR) is 127 cm³/mol. The van der Waals surface area contributed by atoms with Gasteiger partial charge in [0.05, 0.1) is 19.5 Å². The van der Waals surface area contributed by atoms with Gasteiger partial charge in [0.25, 0.3) is 10.0 Å². The third kappa shape index (κ3) is 5.95. The van der Waals surface area contributed by atoms with E-state index in [1.165, 1.54) is 38.1 Å². The molecule has 0 spiro atoms. The summed E-state index contributed by atoms with van der Waals surface area (Å²) in [6.07, 6.45) is 0. The van der Waals surface area contributed by atoms with Gasteiger partial charge in [-0.15, -0.1) is 11.8 Å². The second-order valence-electron chi connectivity index (χ2n) is 6.76. The van der Waals surface area contributed by atoms with Crippen LogP contribution in [0.2, 0.25) is 0 Å². The van der Waals surface area contributed by atoms with Gasteiger partial charge in [0.1, 0.15) is 16.4 Å². The van der Waals surface area contributed by atoms with Crippen molar-refractivity contribution in [1.29, 1.82) is 0 Å². The molecule has 1 unspecified atom stereocenters. The molecule has 0 aromatic heterocycles. The van der Waals surface area contributed by atoms with Crippen LogP contribution in [0.25, 0.3) is 0 Å². The van der Waals surface area contributed by atoms with E-state index in [1.807, 2.05) is 30.3 Å². The first-order valence-corrected chi connectivity index (χ1v) is 12.1. The van der Waals surface area contributed by atoms with E-state index in [0.29, 0.717) is 17.1 Å². The van der Waals surface area contributed by atoms with Gasteiger partial charge in [0.2, 0.25) is 5.91 Å². The van der Waals surface area contributed by atoms with Crippen molar-refractivity contribution < 1.29 is 22.7 Å². The zero-order valence-electron chi connectivity index (χ0n) is 17.9. The van der Waals surface area contributed by atoms with Crippen molar-refractivity contribution in [2.45, 2.75) is 22.0 Å². The normalized spacial score (nSPS) is 12.0. The third-order valence-electron chi connectivity index (χ3n) is 4.49. The first kappa shape index (κ1) is 23.5. The van der Waals surface area contributed by atoms with E-state index in [9.17, 15) is 13.2 Å². The van der Waals surface area contributed by atoms with E-state index >= 15 is 0 Å². The Morgan fingerprint density at radius 1 is 0.906 bits per heavy atom. The first-order chi connectivity index (χ1) is 15.3. The summed E-state index contributed by atoms with van der Waals surface area (Å²) in [5, 5.41) is 2.40. The highest BCUT2D eigenvalue weighted by atomic mass is 32.2. The number of hydrogen-bond donors (Lipinski definition) is 2. The van der Waals surface area contributed by atoms with Crippen molar-refractivity contribution in [3.8, 4) is 11.5 Å². The van der Waals surface area contributed by atoms with Crippen LogP contribution in [0.4, 0.5) is 11.4 Å². The molecule has 0 bridgehead atoms. The van der Waals surface area contributed by atoms with Gasteiger partial charge in [0, 0.05) is 16.3 Å². The maximum absolute atomic E-state index is 13.0. The Hall–Kier alpha value is -3.17. The van der Waals surface area contributed by atoms with E-state index in [-0.39, 0.29) is 21.8 Å². The number of hydrogen-bond acceptors (Lipinski definition) is 6. The third-order valence-corrected chi connectivity index (χ3v) is 7.00. The van der Waals surface area contributed by atoms with Crippen LogP contribution in [0, 0.1) is 0 Å². The average molecular weight is 473 g/mol. The number of sulfonamides is 1. The number of methoxy groups -OCH3 is 2. The van der Waals surface area contributed by atoms with Crippen molar-refractivity contribution in [2.24, 2.45) is 0 Å². The Morgan fingerprint density at radius 2 is 1.56 bits per heavy atom. The fourth-order valence-corrected chi connectivity index (χ4v) is 4.98. The van der Waals surface area contributed by atoms with Crippen molar-refractivity contribution in [3.63, 3.8) is 0 Å². The smallest absolute Gasteiger partial charge is 0.265 e. The molecule has 3 aromatic rings. The SMILES string of the molecule is COc1ccc(NS(=O)(=O)c2cc(NC(=O)C(C)Sc3ccccc3)ccc2OC)cc1. The molecule has 0 aliphatic rings. The molecule has 32 heavy (non-hydrogen) atoms. The van der Waals surface area contributed by atoms with Gasteiger partial charge in [-0.1, -0.05) is 18.2 Å². The molecule has 7 nitrogen and oxygen atoms in total. The first-order valence-electron chi connectivity index (χ1n) is 9.70. The average Bonchev–Trinajstić information content (AvgIpc) is 2.80. The number of benzene rings is 3. The zero-order valence-corrected chi connectivity index (χ0v) is 19.5. The molecule has 0 aliphatic heterocycles. The molecule has 0 fully saturated rings. The lowest BCUT2D eigenvalue weighted by atomic mass is 10.3. The number of nitrogens with one attached hydrogen (secondary N) is 2. The van der Waals surface area contributed by atoms with Gasteiger partial charge in [-0.3, -0.25) is 9.52 Å². The number of carbonyl (C=O) groups excluding carboxylic acids is 1. The molecule has 3 aromatic carbocycles. The number of ether oxygens (including phenoxy) is 2. The molecule has 2 N–H and O–H groups in total. The monoisotopic (exact) mass is 472 g/mol. The Kier molecular flexibility index (Phi) is 7.66. The van der Waals surface area contributed by atoms with Gasteiger partial charge in [-0.2, -0.15) is 0 Å². The molecular weight excluding hydrogens is 448 g/mol. The maximum atomic E-state index is 13.0. The lowest BCUT2D eigenvalue weighted by Gasteiger charge is -2.15. The summed E-state index contributed by atoms with van der Waals surface area (Å²) in [4.78, 5) is 13.5. The van der Waals surface area contributed by atoms with Crippen LogP contribution < -0.4 is 19.5 Å². The van der Waals surface area contributed by atoms with Gasteiger partial charge in [-0.25, -0.2) is 8.42 Å². The van der Waals surface area contributed by atoms with Crippen molar-refractivity contribution in [3.05, 3.63) is 72.8 Å².